The lowest BCUT2D eigenvalue weighted by Crippen LogP contribution is -2.20. The smallest absolute Gasteiger partial charge is 0.337 e. The van der Waals surface area contributed by atoms with Crippen molar-refractivity contribution in [3.63, 3.8) is 0 Å². The van der Waals surface area contributed by atoms with Crippen molar-refractivity contribution in [3.05, 3.63) is 113 Å². The average Bonchev–Trinajstić information content (AvgIpc) is 3.35. The van der Waals surface area contributed by atoms with E-state index in [1.54, 1.807) is 24.3 Å². The highest BCUT2D eigenvalue weighted by Crippen LogP contribution is 2.26. The molecule has 1 aliphatic rings. The number of ketones is 1. The number of carbonyl (C=O) groups excluding carboxylic acids is 2. The molecule has 2 heterocycles. The van der Waals surface area contributed by atoms with E-state index in [-0.39, 0.29) is 5.78 Å². The molecule has 1 unspecified atom stereocenters. The Labute approximate surface area is 211 Å². The van der Waals surface area contributed by atoms with Crippen molar-refractivity contribution in [2.24, 2.45) is 5.92 Å². The molecule has 0 aliphatic carbocycles. The van der Waals surface area contributed by atoms with Gasteiger partial charge >= 0.3 is 5.97 Å². The highest BCUT2D eigenvalue weighted by Gasteiger charge is 2.23. The fourth-order valence-electron chi connectivity index (χ4n) is 5.22. The van der Waals surface area contributed by atoms with Gasteiger partial charge in [-0.15, -0.1) is 0 Å². The van der Waals surface area contributed by atoms with E-state index in [0.29, 0.717) is 23.5 Å². The molecule has 36 heavy (non-hydrogen) atoms. The summed E-state index contributed by atoms with van der Waals surface area (Å²) in [5.41, 5.74) is 4.52. The van der Waals surface area contributed by atoms with Gasteiger partial charge in [-0.1, -0.05) is 54.6 Å². The van der Waals surface area contributed by atoms with Crippen molar-refractivity contribution in [1.82, 2.24) is 9.88 Å². The van der Waals surface area contributed by atoms with E-state index < -0.39 is 5.97 Å². The minimum absolute atomic E-state index is 0.00979. The number of Topliss-reactive ketones (excluding diaryl/α,β-unsaturated/α-hetero) is 1. The van der Waals surface area contributed by atoms with E-state index in [2.05, 4.69) is 46.3 Å². The van der Waals surface area contributed by atoms with Gasteiger partial charge in [-0.25, -0.2) is 4.79 Å². The standard InChI is InChI=1S/C31H30N2O3/c1-36-31(35)27-9-4-8-26(18-27)30(34)17-22-5-2-6-23(15-22)20-33-14-12-24(21-33)16-25-7-3-10-28-19-32-13-11-29(25)28/h2-11,13,15,18-19,24H,12,14,16-17,20-21H2,1H3. The van der Waals surface area contributed by atoms with Gasteiger partial charge in [-0.05, 0) is 65.6 Å². The van der Waals surface area contributed by atoms with Crippen LogP contribution in [0.25, 0.3) is 10.8 Å². The van der Waals surface area contributed by atoms with Crippen LogP contribution in [0.15, 0.2) is 85.2 Å². The maximum atomic E-state index is 12.9. The molecule has 0 amide bonds. The zero-order chi connectivity index (χ0) is 24.9. The van der Waals surface area contributed by atoms with Gasteiger partial charge in [-0.3, -0.25) is 14.7 Å². The molecule has 1 aliphatic heterocycles. The van der Waals surface area contributed by atoms with E-state index in [4.69, 9.17) is 4.74 Å². The third-order valence-corrected chi connectivity index (χ3v) is 7.02. The lowest BCUT2D eigenvalue weighted by atomic mass is 9.95. The third-order valence-electron chi connectivity index (χ3n) is 7.02. The number of likely N-dealkylation sites (tertiary alicyclic amines) is 1. The van der Waals surface area contributed by atoms with E-state index >= 15 is 0 Å². The van der Waals surface area contributed by atoms with Crippen LogP contribution in [0, 0.1) is 5.92 Å². The molecule has 0 N–H and O–H groups in total. The second kappa shape index (κ2) is 10.8. The molecular formula is C31H30N2O3. The first-order valence-corrected chi connectivity index (χ1v) is 12.4. The predicted molar refractivity (Wildman–Crippen MR) is 141 cm³/mol. The summed E-state index contributed by atoms with van der Waals surface area (Å²) < 4.78 is 4.77. The van der Waals surface area contributed by atoms with Gasteiger partial charge in [0, 0.05) is 42.9 Å². The fraction of sp³-hybridized carbons (Fsp3) is 0.258. The number of methoxy groups -OCH3 is 1. The molecule has 5 heteroatoms. The van der Waals surface area contributed by atoms with Crippen LogP contribution in [0.2, 0.25) is 0 Å². The first-order valence-electron chi connectivity index (χ1n) is 12.4. The summed E-state index contributed by atoms with van der Waals surface area (Å²) in [6.45, 7) is 3.04. The quantitative estimate of drug-likeness (QED) is 0.247. The van der Waals surface area contributed by atoms with E-state index in [1.165, 1.54) is 35.4 Å². The zero-order valence-electron chi connectivity index (χ0n) is 20.5. The van der Waals surface area contributed by atoms with Crippen LogP contribution in [0.3, 0.4) is 0 Å². The van der Waals surface area contributed by atoms with Crippen molar-refractivity contribution >= 4 is 22.5 Å². The molecule has 1 atom stereocenters. The molecule has 0 bridgehead atoms. The Kier molecular flexibility index (Phi) is 7.19. The molecule has 1 saturated heterocycles. The summed E-state index contributed by atoms with van der Waals surface area (Å²) in [6.07, 6.45) is 6.39. The molecular weight excluding hydrogens is 448 g/mol. The van der Waals surface area contributed by atoms with Crippen molar-refractivity contribution in [3.8, 4) is 0 Å². The minimum atomic E-state index is -0.437. The molecule has 3 aromatic carbocycles. The Bertz CT molecular complexity index is 1390. The summed E-state index contributed by atoms with van der Waals surface area (Å²) in [4.78, 5) is 31.4. The predicted octanol–water partition coefficient (Wildman–Crippen LogP) is 5.51. The molecule has 0 saturated carbocycles. The second-order valence-corrected chi connectivity index (χ2v) is 9.60. The van der Waals surface area contributed by atoms with Crippen molar-refractivity contribution in [2.45, 2.75) is 25.8 Å². The number of esters is 1. The number of fused-ring (bicyclic) bond motifs is 1. The van der Waals surface area contributed by atoms with Gasteiger partial charge in [0.05, 0.1) is 12.7 Å². The Morgan fingerprint density at radius 3 is 2.67 bits per heavy atom. The Morgan fingerprint density at radius 1 is 0.972 bits per heavy atom. The number of rotatable bonds is 8. The number of ether oxygens (including phenoxy) is 1. The summed E-state index contributed by atoms with van der Waals surface area (Å²) in [5, 5.41) is 2.51. The first-order chi connectivity index (χ1) is 17.6. The first kappa shape index (κ1) is 23.9. The van der Waals surface area contributed by atoms with Crippen LogP contribution in [0.5, 0.6) is 0 Å². The van der Waals surface area contributed by atoms with Gasteiger partial charge in [0.15, 0.2) is 5.78 Å². The third kappa shape index (κ3) is 5.52. The number of hydrogen-bond acceptors (Lipinski definition) is 5. The Morgan fingerprint density at radius 2 is 1.78 bits per heavy atom. The monoisotopic (exact) mass is 478 g/mol. The summed E-state index contributed by atoms with van der Waals surface area (Å²) >= 11 is 0. The molecule has 4 aromatic rings. The summed E-state index contributed by atoms with van der Waals surface area (Å²) in [5.74, 6) is 0.188. The van der Waals surface area contributed by atoms with Crippen LogP contribution < -0.4 is 0 Å². The highest BCUT2D eigenvalue weighted by molar-refractivity contribution is 6.00. The average molecular weight is 479 g/mol. The number of hydrogen-bond donors (Lipinski definition) is 0. The van der Waals surface area contributed by atoms with Crippen molar-refractivity contribution in [1.29, 1.82) is 0 Å². The number of carbonyl (C=O) groups is 2. The zero-order valence-corrected chi connectivity index (χ0v) is 20.5. The lowest BCUT2D eigenvalue weighted by Gasteiger charge is -2.17. The Hall–Kier alpha value is -3.83. The molecule has 0 radical (unpaired) electrons. The van der Waals surface area contributed by atoms with Crippen molar-refractivity contribution < 1.29 is 14.3 Å². The summed E-state index contributed by atoms with van der Waals surface area (Å²) in [6, 6.07) is 23.6. The van der Waals surface area contributed by atoms with Crippen LogP contribution in [-0.4, -0.2) is 41.8 Å². The van der Waals surface area contributed by atoms with Gasteiger partial charge in [0.2, 0.25) is 0 Å². The molecule has 5 nitrogen and oxygen atoms in total. The topological polar surface area (TPSA) is 59.5 Å². The number of pyridine rings is 1. The highest BCUT2D eigenvalue weighted by atomic mass is 16.5. The molecule has 182 valence electrons. The normalized spacial score (nSPS) is 15.8. The second-order valence-electron chi connectivity index (χ2n) is 9.60. The molecule has 1 fully saturated rings. The largest absolute Gasteiger partial charge is 0.465 e. The van der Waals surface area contributed by atoms with Gasteiger partial charge in [0.1, 0.15) is 0 Å². The summed E-state index contributed by atoms with van der Waals surface area (Å²) in [7, 11) is 1.34. The number of aromatic nitrogens is 1. The van der Waals surface area contributed by atoms with Crippen molar-refractivity contribution in [2.75, 3.05) is 20.2 Å². The van der Waals surface area contributed by atoms with Crippen LogP contribution in [0.4, 0.5) is 0 Å². The lowest BCUT2D eigenvalue weighted by molar-refractivity contribution is 0.0600. The van der Waals surface area contributed by atoms with E-state index in [9.17, 15) is 9.59 Å². The maximum absolute atomic E-state index is 12.9. The Balaban J connectivity index is 1.20. The number of benzene rings is 3. The molecule has 5 rings (SSSR count). The fourth-order valence-corrected chi connectivity index (χ4v) is 5.22. The van der Waals surface area contributed by atoms with Crippen LogP contribution in [0.1, 0.15) is 43.8 Å². The van der Waals surface area contributed by atoms with E-state index in [1.807, 2.05) is 24.5 Å². The van der Waals surface area contributed by atoms with Gasteiger partial charge in [0.25, 0.3) is 0 Å². The van der Waals surface area contributed by atoms with Crippen LogP contribution >= 0.6 is 0 Å². The van der Waals surface area contributed by atoms with Gasteiger partial charge in [-0.2, -0.15) is 0 Å². The van der Waals surface area contributed by atoms with E-state index in [0.717, 1.165) is 31.6 Å². The SMILES string of the molecule is COC(=O)c1cccc(C(=O)Cc2cccc(CN3CCC(Cc4cccc5cnccc45)C3)c2)c1. The number of nitrogens with zero attached hydrogens (tertiary/aromatic N) is 2. The molecule has 0 spiro atoms. The minimum Gasteiger partial charge on any atom is -0.465 e. The maximum Gasteiger partial charge on any atom is 0.337 e. The van der Waals surface area contributed by atoms with Crippen LogP contribution in [-0.2, 0) is 24.1 Å². The van der Waals surface area contributed by atoms with Gasteiger partial charge < -0.3 is 4.74 Å². The molecule has 1 aromatic heterocycles.